The predicted octanol–water partition coefficient (Wildman–Crippen LogP) is 28.6. The fraction of sp³-hybridized carbons (Fsp3) is 0.908. The van der Waals surface area contributed by atoms with Crippen molar-refractivity contribution in [2.75, 3.05) is 13.2 Å². The molecule has 93 heavy (non-hydrogen) atoms. The molecule has 0 rings (SSSR count). The molecule has 6 nitrogen and oxygen atoms in total. The lowest BCUT2D eigenvalue weighted by Gasteiger charge is -2.20. The summed E-state index contributed by atoms with van der Waals surface area (Å²) >= 11 is 0. The van der Waals surface area contributed by atoms with Gasteiger partial charge in [-0.3, -0.25) is 9.59 Å². The molecule has 0 bridgehead atoms. The van der Waals surface area contributed by atoms with Crippen LogP contribution in [0.4, 0.5) is 0 Å². The molecular formula is C87H167NO5. The number of allylic oxidation sites excluding steroid dienone is 5. The van der Waals surface area contributed by atoms with E-state index in [0.717, 1.165) is 51.4 Å². The van der Waals surface area contributed by atoms with Crippen LogP contribution in [0, 0.1) is 0 Å². The van der Waals surface area contributed by atoms with E-state index < -0.39 is 12.1 Å². The maximum atomic E-state index is 12.6. The van der Waals surface area contributed by atoms with Gasteiger partial charge < -0.3 is 20.3 Å². The fourth-order valence-corrected chi connectivity index (χ4v) is 13.7. The molecule has 2 atom stereocenters. The Balaban J connectivity index is 3.33. The van der Waals surface area contributed by atoms with E-state index in [1.54, 1.807) is 6.08 Å². The molecule has 0 spiro atoms. The van der Waals surface area contributed by atoms with E-state index in [0.29, 0.717) is 19.4 Å². The van der Waals surface area contributed by atoms with Gasteiger partial charge in [-0.1, -0.05) is 442 Å². The number of hydrogen-bond acceptors (Lipinski definition) is 5. The number of esters is 1. The van der Waals surface area contributed by atoms with E-state index in [2.05, 4.69) is 43.5 Å². The summed E-state index contributed by atoms with van der Waals surface area (Å²) in [6.07, 6.45) is 109. The molecule has 0 aromatic rings. The molecule has 0 aliphatic heterocycles. The standard InChI is InChI=1S/C87H167NO5/c1-3-5-7-9-11-13-15-17-19-21-22-23-39-42-45-48-51-55-59-63-67-71-75-79-85(90)84(83-89)88-86(91)80-76-72-68-64-60-56-52-49-46-43-40-37-35-33-31-29-27-25-24-26-28-30-32-34-36-38-41-44-47-50-54-58-62-66-70-74-78-82-93-87(92)81-77-73-69-65-61-57-53-20-18-16-14-12-10-8-6-4-2/h14,16,20,53,75,79,84-85,89-90H,3-13,15,17-19,21-52,54-74,76-78,80-83H2,1-2H3,(H,88,91)/b16-14-,53-20-,79-75+. The van der Waals surface area contributed by atoms with E-state index in [9.17, 15) is 19.8 Å². The summed E-state index contributed by atoms with van der Waals surface area (Å²) in [5.74, 6) is -0.0465. The first-order valence-electron chi connectivity index (χ1n) is 42.8. The van der Waals surface area contributed by atoms with E-state index >= 15 is 0 Å². The Hall–Kier alpha value is -1.92. The Morgan fingerprint density at radius 2 is 0.538 bits per heavy atom. The minimum atomic E-state index is -0.842. The monoisotopic (exact) mass is 1310 g/mol. The van der Waals surface area contributed by atoms with Crippen LogP contribution in [-0.2, 0) is 14.3 Å². The van der Waals surface area contributed by atoms with Gasteiger partial charge in [-0.25, -0.2) is 0 Å². The summed E-state index contributed by atoms with van der Waals surface area (Å²) in [6.45, 7) is 4.94. The highest BCUT2D eigenvalue weighted by atomic mass is 16.5. The zero-order valence-corrected chi connectivity index (χ0v) is 63.3. The lowest BCUT2D eigenvalue weighted by molar-refractivity contribution is -0.143. The zero-order valence-electron chi connectivity index (χ0n) is 63.3. The van der Waals surface area contributed by atoms with Crippen molar-refractivity contribution in [2.45, 2.75) is 495 Å². The molecule has 0 radical (unpaired) electrons. The highest BCUT2D eigenvalue weighted by molar-refractivity contribution is 5.76. The number of nitrogens with one attached hydrogen (secondary N) is 1. The molecule has 0 aromatic heterocycles. The van der Waals surface area contributed by atoms with Gasteiger partial charge in [-0.15, -0.1) is 0 Å². The van der Waals surface area contributed by atoms with Crippen LogP contribution >= 0.6 is 0 Å². The number of rotatable bonds is 81. The quantitative estimate of drug-likeness (QED) is 0.0320. The molecule has 0 saturated heterocycles. The summed E-state index contributed by atoms with van der Waals surface area (Å²) in [5, 5.41) is 23.3. The molecule has 3 N–H and O–H groups in total. The molecule has 0 aliphatic carbocycles. The topological polar surface area (TPSA) is 95.9 Å². The van der Waals surface area contributed by atoms with Gasteiger partial charge in [0.2, 0.25) is 5.91 Å². The van der Waals surface area contributed by atoms with E-state index in [1.165, 1.54) is 405 Å². The molecule has 0 saturated carbocycles. The number of carbonyl (C=O) groups excluding carboxylic acids is 2. The normalized spacial score (nSPS) is 12.6. The van der Waals surface area contributed by atoms with Gasteiger partial charge >= 0.3 is 5.97 Å². The van der Waals surface area contributed by atoms with Gasteiger partial charge in [0.05, 0.1) is 25.4 Å². The Labute approximate surface area is 583 Å². The third-order valence-electron chi connectivity index (χ3n) is 20.2. The lowest BCUT2D eigenvalue weighted by atomic mass is 10.0. The summed E-state index contributed by atoms with van der Waals surface area (Å²) < 4.78 is 5.50. The Morgan fingerprint density at radius 3 is 0.828 bits per heavy atom. The smallest absolute Gasteiger partial charge is 0.305 e. The summed E-state index contributed by atoms with van der Waals surface area (Å²) in [4.78, 5) is 24.7. The number of aliphatic hydroxyl groups excluding tert-OH is 2. The molecule has 6 heteroatoms. The average Bonchev–Trinajstić information content (AvgIpc) is 3.78. The van der Waals surface area contributed by atoms with Gasteiger partial charge in [0, 0.05) is 12.8 Å². The van der Waals surface area contributed by atoms with E-state index in [4.69, 9.17) is 4.74 Å². The van der Waals surface area contributed by atoms with Crippen molar-refractivity contribution < 1.29 is 24.5 Å². The summed E-state index contributed by atoms with van der Waals surface area (Å²) in [6, 6.07) is -0.625. The maximum absolute atomic E-state index is 12.6. The fourth-order valence-electron chi connectivity index (χ4n) is 13.7. The number of aliphatic hydroxyl groups is 2. The van der Waals surface area contributed by atoms with Gasteiger partial charge in [-0.05, 0) is 64.2 Å². The first-order valence-corrected chi connectivity index (χ1v) is 42.8. The number of amides is 1. The SMILES string of the molecule is CCCCCC/C=C\C/C=C\CCCCCCCC(=O)OCCCCCCCCCCCCCCCCCCCCCCCCCCCCCCCCCCCCCCCC(=O)NC(CO)C(O)/C=C/CCCCCCCCCCCCCCCCCCCCCCC. The van der Waals surface area contributed by atoms with Gasteiger partial charge in [0.25, 0.3) is 0 Å². The van der Waals surface area contributed by atoms with Crippen LogP contribution in [0.25, 0.3) is 0 Å². The Kier molecular flexibility index (Phi) is 80.8. The van der Waals surface area contributed by atoms with Crippen LogP contribution in [0.3, 0.4) is 0 Å². The van der Waals surface area contributed by atoms with E-state index in [-0.39, 0.29) is 18.5 Å². The second-order valence-electron chi connectivity index (χ2n) is 29.5. The average molecular weight is 1310 g/mol. The van der Waals surface area contributed by atoms with Crippen LogP contribution in [-0.4, -0.2) is 47.4 Å². The molecule has 550 valence electrons. The van der Waals surface area contributed by atoms with Crippen molar-refractivity contribution in [3.05, 3.63) is 36.5 Å². The number of ether oxygens (including phenoxy) is 1. The van der Waals surface area contributed by atoms with Crippen molar-refractivity contribution >= 4 is 11.9 Å². The van der Waals surface area contributed by atoms with Gasteiger partial charge in [0.1, 0.15) is 0 Å². The highest BCUT2D eigenvalue weighted by Gasteiger charge is 2.18. The van der Waals surface area contributed by atoms with Crippen LogP contribution in [0.2, 0.25) is 0 Å². The minimum Gasteiger partial charge on any atom is -0.466 e. The van der Waals surface area contributed by atoms with Gasteiger partial charge in [-0.2, -0.15) is 0 Å². The highest BCUT2D eigenvalue weighted by Crippen LogP contribution is 2.21. The lowest BCUT2D eigenvalue weighted by Crippen LogP contribution is -2.45. The predicted molar refractivity (Wildman–Crippen MR) is 412 cm³/mol. The molecule has 1 amide bonds. The second-order valence-corrected chi connectivity index (χ2v) is 29.5. The first kappa shape index (κ1) is 91.1. The minimum absolute atomic E-state index is 0.0105. The van der Waals surface area contributed by atoms with Crippen molar-refractivity contribution in [1.29, 1.82) is 0 Å². The van der Waals surface area contributed by atoms with Crippen molar-refractivity contribution in [3.8, 4) is 0 Å². The molecule has 0 aromatic carbocycles. The van der Waals surface area contributed by atoms with Crippen molar-refractivity contribution in [3.63, 3.8) is 0 Å². The summed E-state index contributed by atoms with van der Waals surface area (Å²) in [5.41, 5.74) is 0. The largest absolute Gasteiger partial charge is 0.466 e. The third-order valence-corrected chi connectivity index (χ3v) is 20.2. The molecule has 0 aliphatic rings. The van der Waals surface area contributed by atoms with Crippen LogP contribution < -0.4 is 5.32 Å². The number of unbranched alkanes of at least 4 members (excludes halogenated alkanes) is 66. The van der Waals surface area contributed by atoms with Gasteiger partial charge in [0.15, 0.2) is 0 Å². The van der Waals surface area contributed by atoms with Crippen LogP contribution in [0.1, 0.15) is 483 Å². The Bertz CT molecular complexity index is 1510. The molecule has 0 heterocycles. The van der Waals surface area contributed by atoms with Crippen molar-refractivity contribution in [1.82, 2.24) is 5.32 Å². The van der Waals surface area contributed by atoms with Crippen molar-refractivity contribution in [2.24, 2.45) is 0 Å². The summed E-state index contributed by atoms with van der Waals surface area (Å²) in [7, 11) is 0. The maximum Gasteiger partial charge on any atom is 0.305 e. The molecular weight excluding hydrogens is 1140 g/mol. The number of hydrogen-bond donors (Lipinski definition) is 3. The van der Waals surface area contributed by atoms with Crippen LogP contribution in [0.15, 0.2) is 36.5 Å². The Morgan fingerprint density at radius 1 is 0.301 bits per heavy atom. The number of carbonyl (C=O) groups is 2. The third kappa shape index (κ3) is 79.0. The first-order chi connectivity index (χ1) is 46.0. The molecule has 2 unspecified atom stereocenters. The zero-order chi connectivity index (χ0) is 67.0. The second kappa shape index (κ2) is 82.5. The van der Waals surface area contributed by atoms with Crippen LogP contribution in [0.5, 0.6) is 0 Å². The molecule has 0 fully saturated rings. The van der Waals surface area contributed by atoms with E-state index in [1.807, 2.05) is 6.08 Å².